The second kappa shape index (κ2) is 20.1. The van der Waals surface area contributed by atoms with Crippen LogP contribution in [0.4, 0.5) is 0 Å². The molecule has 0 amide bonds. The maximum Gasteiger partial charge on any atom is 0.189 e. The number of Topliss-reactive ketones (excluding diaryl/α,β-unsaturated/α-hetero) is 1. The molecular weight excluding hydrogens is 448 g/mol. The number of carbonyl (C=O) groups excluding carboxylic acids is 3. The lowest BCUT2D eigenvalue weighted by Gasteiger charge is -2.19. The molecule has 16 nitrogen and oxygen atoms in total. The van der Waals surface area contributed by atoms with Gasteiger partial charge >= 0.3 is 0 Å². The summed E-state index contributed by atoms with van der Waals surface area (Å²) in [5.74, 6) is -1.00. The molecule has 0 aliphatic heterocycles. The second-order valence-corrected chi connectivity index (χ2v) is 6.04. The molecule has 0 aliphatic carbocycles. The molecule has 0 aromatic rings. The van der Waals surface area contributed by atoms with Crippen LogP contribution in [0.3, 0.4) is 0 Å². The van der Waals surface area contributed by atoms with E-state index in [9.17, 15) is 14.4 Å². The number of carbonyl (C=O) groups is 3. The second-order valence-electron chi connectivity index (χ2n) is 6.04. The summed E-state index contributed by atoms with van der Waals surface area (Å²) in [6.45, 7) is -3.06. The van der Waals surface area contributed by atoms with Crippen LogP contribution in [0.25, 0.3) is 0 Å². The van der Waals surface area contributed by atoms with Crippen molar-refractivity contribution in [2.45, 2.75) is 54.9 Å². The van der Waals surface area contributed by atoms with Crippen molar-refractivity contribution in [2.75, 3.05) is 26.4 Å². The molecule has 192 valence electrons. The van der Waals surface area contributed by atoms with Crippen molar-refractivity contribution in [1.82, 2.24) is 0 Å². The maximum absolute atomic E-state index is 10.5. The Morgan fingerprint density at radius 3 is 1.06 bits per heavy atom. The first-order valence-electron chi connectivity index (χ1n) is 8.80. The Hall–Kier alpha value is -1.51. The zero-order valence-corrected chi connectivity index (χ0v) is 16.7. The van der Waals surface area contributed by atoms with Gasteiger partial charge in [0.15, 0.2) is 18.4 Å². The van der Waals surface area contributed by atoms with Gasteiger partial charge in [-0.1, -0.05) is 0 Å². The number of rotatable bonds is 13. The highest BCUT2D eigenvalue weighted by molar-refractivity contribution is 5.84. The lowest BCUT2D eigenvalue weighted by molar-refractivity contribution is -0.142. The zero-order chi connectivity index (χ0) is 26.0. The van der Waals surface area contributed by atoms with Gasteiger partial charge in [-0.15, -0.1) is 0 Å². The van der Waals surface area contributed by atoms with Crippen LogP contribution in [0.5, 0.6) is 0 Å². The Balaban J connectivity index is -0.000000397. The molecule has 0 aromatic heterocycles. The Labute approximate surface area is 181 Å². The fourth-order valence-corrected chi connectivity index (χ4v) is 1.43. The number of hydrogen-bond donors (Lipinski definition) is 13. The van der Waals surface area contributed by atoms with E-state index in [2.05, 4.69) is 0 Å². The highest BCUT2D eigenvalue weighted by Gasteiger charge is 2.29. The van der Waals surface area contributed by atoms with E-state index in [1.807, 2.05) is 0 Å². The standard InChI is InChI=1S/C6H12O6.2C5H10O5/c7-1-3(9)5(11)6(12)4(10)2-8;2*6-1-3(8)5(10)4(9)2-7/h3,5-9,11-12H,1-2H2;2*1,3-5,7-10H,2H2. The minimum absolute atomic E-state index is 0.0869. The molecular formula is C16H32O16. The van der Waals surface area contributed by atoms with Gasteiger partial charge in [-0.3, -0.25) is 4.79 Å². The predicted molar refractivity (Wildman–Crippen MR) is 99.5 cm³/mol. The fraction of sp³-hybridized carbons (Fsp3) is 0.812. The summed E-state index contributed by atoms with van der Waals surface area (Å²) in [5.41, 5.74) is 0. The van der Waals surface area contributed by atoms with Crippen molar-refractivity contribution in [1.29, 1.82) is 0 Å². The Morgan fingerprint density at radius 1 is 0.562 bits per heavy atom. The van der Waals surface area contributed by atoms with Crippen molar-refractivity contribution in [2.24, 2.45) is 0 Å². The van der Waals surface area contributed by atoms with Crippen LogP contribution in [0, 0.1) is 0 Å². The summed E-state index contributed by atoms with van der Waals surface area (Å²) < 4.78 is 0. The summed E-state index contributed by atoms with van der Waals surface area (Å²) in [6.07, 6.45) is -14.5. The highest BCUT2D eigenvalue weighted by atomic mass is 16.4. The van der Waals surface area contributed by atoms with Crippen LogP contribution in [0.1, 0.15) is 0 Å². The van der Waals surface area contributed by atoms with E-state index in [0.29, 0.717) is 0 Å². The van der Waals surface area contributed by atoms with E-state index in [1.54, 1.807) is 0 Å². The van der Waals surface area contributed by atoms with Gasteiger partial charge in [0.1, 0.15) is 61.5 Å². The Kier molecular flexibility index (Phi) is 22.1. The SMILES string of the molecule is O=C(CO)C(O)C(O)C(O)CO.O=CC(O)C(O)C(O)CO.O=CC(O)C(O)C(O)CO. The average Bonchev–Trinajstić information content (AvgIpc) is 2.84. The summed E-state index contributed by atoms with van der Waals surface area (Å²) in [5, 5.41) is 111. The van der Waals surface area contributed by atoms with Gasteiger partial charge in [-0.2, -0.15) is 0 Å². The molecule has 13 N–H and O–H groups in total. The molecule has 16 heteroatoms. The quantitative estimate of drug-likeness (QED) is 0.109. The fourth-order valence-electron chi connectivity index (χ4n) is 1.43. The number of aliphatic hydroxyl groups is 13. The van der Waals surface area contributed by atoms with E-state index in [0.717, 1.165) is 0 Å². The third kappa shape index (κ3) is 14.5. The summed E-state index contributed by atoms with van der Waals surface area (Å²) in [6, 6.07) is 0. The molecule has 0 spiro atoms. The highest BCUT2D eigenvalue weighted by Crippen LogP contribution is 2.00. The van der Waals surface area contributed by atoms with Crippen molar-refractivity contribution < 1.29 is 80.8 Å². The van der Waals surface area contributed by atoms with Crippen LogP contribution in [-0.2, 0) is 14.4 Å². The molecule has 0 saturated carbocycles. The molecule has 0 heterocycles. The predicted octanol–water partition coefficient (Wildman–Crippen LogP) is -8.86. The molecule has 32 heavy (non-hydrogen) atoms. The monoisotopic (exact) mass is 480 g/mol. The first-order chi connectivity index (χ1) is 14.8. The number of hydrogen-bond acceptors (Lipinski definition) is 16. The van der Waals surface area contributed by atoms with Crippen LogP contribution in [-0.4, -0.2) is 166 Å². The lowest BCUT2D eigenvalue weighted by Crippen LogP contribution is -2.44. The molecule has 0 fully saturated rings. The molecule has 9 unspecified atom stereocenters. The van der Waals surface area contributed by atoms with Gasteiger partial charge in [0.05, 0.1) is 19.8 Å². The van der Waals surface area contributed by atoms with Crippen molar-refractivity contribution in [3.05, 3.63) is 0 Å². The molecule has 0 radical (unpaired) electrons. The Bertz CT molecular complexity index is 465. The van der Waals surface area contributed by atoms with Crippen molar-refractivity contribution in [3.8, 4) is 0 Å². The number of aliphatic hydroxyl groups excluding tert-OH is 13. The average molecular weight is 480 g/mol. The van der Waals surface area contributed by atoms with Crippen LogP contribution < -0.4 is 0 Å². The summed E-state index contributed by atoms with van der Waals surface area (Å²) in [4.78, 5) is 30.0. The first kappa shape index (κ1) is 35.1. The van der Waals surface area contributed by atoms with E-state index in [-0.39, 0.29) is 12.6 Å². The van der Waals surface area contributed by atoms with Crippen LogP contribution in [0.15, 0.2) is 0 Å². The topological polar surface area (TPSA) is 314 Å². The van der Waals surface area contributed by atoms with Crippen molar-refractivity contribution >= 4 is 18.4 Å². The van der Waals surface area contributed by atoms with Gasteiger partial charge in [-0.25, -0.2) is 0 Å². The van der Waals surface area contributed by atoms with E-state index < -0.39 is 87.1 Å². The van der Waals surface area contributed by atoms with E-state index in [1.165, 1.54) is 0 Å². The third-order valence-corrected chi connectivity index (χ3v) is 3.53. The maximum atomic E-state index is 10.5. The third-order valence-electron chi connectivity index (χ3n) is 3.53. The van der Waals surface area contributed by atoms with Gasteiger partial charge in [-0.05, 0) is 0 Å². The summed E-state index contributed by atoms with van der Waals surface area (Å²) >= 11 is 0. The molecule has 9 atom stereocenters. The molecule has 0 aliphatic rings. The minimum atomic E-state index is -1.86. The minimum Gasteiger partial charge on any atom is -0.394 e. The van der Waals surface area contributed by atoms with Gasteiger partial charge < -0.3 is 76.0 Å². The largest absolute Gasteiger partial charge is 0.394 e. The van der Waals surface area contributed by atoms with Gasteiger partial charge in [0, 0.05) is 0 Å². The summed E-state index contributed by atoms with van der Waals surface area (Å²) in [7, 11) is 0. The van der Waals surface area contributed by atoms with Crippen molar-refractivity contribution in [3.63, 3.8) is 0 Å². The van der Waals surface area contributed by atoms with E-state index in [4.69, 9.17) is 66.4 Å². The molecule has 0 bridgehead atoms. The van der Waals surface area contributed by atoms with Gasteiger partial charge in [0.2, 0.25) is 0 Å². The molecule has 0 aromatic carbocycles. The van der Waals surface area contributed by atoms with E-state index >= 15 is 0 Å². The Morgan fingerprint density at radius 2 is 0.844 bits per heavy atom. The number of ketones is 1. The van der Waals surface area contributed by atoms with Crippen LogP contribution in [0.2, 0.25) is 0 Å². The number of aldehydes is 2. The zero-order valence-electron chi connectivity index (χ0n) is 16.7. The molecule has 0 rings (SSSR count). The molecule has 0 saturated heterocycles. The lowest BCUT2D eigenvalue weighted by atomic mass is 10.1. The van der Waals surface area contributed by atoms with Crippen LogP contribution >= 0.6 is 0 Å². The normalized spacial score (nSPS) is 19.2. The smallest absolute Gasteiger partial charge is 0.189 e. The van der Waals surface area contributed by atoms with Gasteiger partial charge in [0.25, 0.3) is 0 Å². The first-order valence-corrected chi connectivity index (χ1v) is 8.80.